The van der Waals surface area contributed by atoms with Crippen LogP contribution in [-0.2, 0) is 14.8 Å². The van der Waals surface area contributed by atoms with Gasteiger partial charge in [-0.25, -0.2) is 8.42 Å². The molecule has 0 aromatic heterocycles. The summed E-state index contributed by atoms with van der Waals surface area (Å²) < 4.78 is 27.8. The molecule has 2 aliphatic rings. The molecule has 1 saturated heterocycles. The lowest BCUT2D eigenvalue weighted by atomic mass is 9.67. The maximum Gasteiger partial charge on any atom is 0.232 e. The quantitative estimate of drug-likeness (QED) is 0.219. The van der Waals surface area contributed by atoms with E-state index < -0.39 is 15.4 Å². The summed E-state index contributed by atoms with van der Waals surface area (Å²) in [6.07, 6.45) is 6.04. The SMILES string of the molecule is C=CC[C@@]1(C)C[C@H](c2cccc(Cl)c2)[C@@H](c2ccc(Cl)cc2)N(C(CN(c2ccccc2)S(C)(=O)=O)C2CC2)C1=O. The van der Waals surface area contributed by atoms with E-state index in [4.69, 9.17) is 23.2 Å². The monoisotopic (exact) mass is 610 g/mol. The van der Waals surface area contributed by atoms with Gasteiger partial charge in [0.25, 0.3) is 0 Å². The molecule has 2 fully saturated rings. The standard InChI is InChI=1S/C33H36Cl2N2O3S/c1-4-19-33(2)21-29(25-9-8-10-27(35)20-25)31(24-15-17-26(34)18-16-24)37(32(33)38)30(23-13-14-23)22-36(41(3,39)40)28-11-6-5-7-12-28/h4-12,15-18,20,23,29-31H,1,13-14,19,21-22H2,2-3H3/t29-,30?,31-,33+/m1/s1. The van der Waals surface area contributed by atoms with E-state index in [9.17, 15) is 13.2 Å². The van der Waals surface area contributed by atoms with Crippen molar-refractivity contribution in [3.05, 3.63) is 113 Å². The summed E-state index contributed by atoms with van der Waals surface area (Å²) in [5.74, 6) is 0.129. The Labute approximate surface area is 253 Å². The third kappa shape index (κ3) is 6.35. The molecule has 1 unspecified atom stereocenters. The predicted molar refractivity (Wildman–Crippen MR) is 168 cm³/mol. The zero-order valence-electron chi connectivity index (χ0n) is 23.4. The van der Waals surface area contributed by atoms with Crippen LogP contribution in [0.5, 0.6) is 0 Å². The van der Waals surface area contributed by atoms with Crippen molar-refractivity contribution >= 4 is 44.8 Å². The zero-order chi connectivity index (χ0) is 29.4. The normalized spacial score (nSPS) is 23.7. The van der Waals surface area contributed by atoms with Crippen molar-refractivity contribution in [1.29, 1.82) is 0 Å². The van der Waals surface area contributed by atoms with Crippen LogP contribution >= 0.6 is 23.2 Å². The number of para-hydroxylation sites is 1. The maximum atomic E-state index is 14.7. The predicted octanol–water partition coefficient (Wildman–Crippen LogP) is 7.88. The van der Waals surface area contributed by atoms with Crippen LogP contribution in [-0.4, -0.2) is 38.1 Å². The molecule has 41 heavy (non-hydrogen) atoms. The molecule has 1 aliphatic carbocycles. The molecule has 5 rings (SSSR count). The number of anilines is 1. The Kier molecular flexibility index (Phi) is 8.56. The average Bonchev–Trinajstić information content (AvgIpc) is 3.77. The third-order valence-corrected chi connectivity index (χ3v) is 10.2. The minimum atomic E-state index is -3.63. The van der Waals surface area contributed by atoms with Gasteiger partial charge in [0.05, 0.1) is 36.0 Å². The zero-order valence-corrected chi connectivity index (χ0v) is 25.7. The number of piperidine rings is 1. The first-order valence-corrected chi connectivity index (χ1v) is 16.6. The van der Waals surface area contributed by atoms with Crippen molar-refractivity contribution < 1.29 is 13.2 Å². The summed E-state index contributed by atoms with van der Waals surface area (Å²) in [6.45, 7) is 6.16. The summed E-state index contributed by atoms with van der Waals surface area (Å²) in [5.41, 5.74) is 1.88. The molecule has 1 amide bonds. The number of hydrogen-bond donors (Lipinski definition) is 0. The Balaban J connectivity index is 1.69. The molecule has 0 bridgehead atoms. The van der Waals surface area contributed by atoms with E-state index in [2.05, 4.69) is 12.6 Å². The van der Waals surface area contributed by atoms with Gasteiger partial charge in [0.15, 0.2) is 0 Å². The average molecular weight is 612 g/mol. The molecule has 216 valence electrons. The number of likely N-dealkylation sites (tertiary alicyclic amines) is 1. The van der Waals surface area contributed by atoms with Gasteiger partial charge in [-0.1, -0.05) is 78.7 Å². The number of carbonyl (C=O) groups excluding carboxylic acids is 1. The number of allylic oxidation sites excluding steroid dienone is 1. The molecule has 3 aromatic rings. The van der Waals surface area contributed by atoms with Crippen LogP contribution in [0.4, 0.5) is 5.69 Å². The second-order valence-electron chi connectivity index (χ2n) is 11.7. The van der Waals surface area contributed by atoms with Gasteiger partial charge in [0.1, 0.15) is 0 Å². The van der Waals surface area contributed by atoms with Crippen LogP contribution in [0.3, 0.4) is 0 Å². The van der Waals surface area contributed by atoms with Gasteiger partial charge in [0, 0.05) is 16.0 Å². The lowest BCUT2D eigenvalue weighted by Gasteiger charge is -2.52. The molecule has 1 saturated carbocycles. The van der Waals surface area contributed by atoms with Crippen LogP contribution in [0.15, 0.2) is 91.5 Å². The number of hydrogen-bond acceptors (Lipinski definition) is 3. The number of carbonyl (C=O) groups is 1. The first-order chi connectivity index (χ1) is 19.5. The van der Waals surface area contributed by atoms with E-state index in [0.29, 0.717) is 28.6 Å². The Morgan fingerprint density at radius 3 is 2.27 bits per heavy atom. The van der Waals surface area contributed by atoms with Gasteiger partial charge in [-0.3, -0.25) is 9.10 Å². The molecular formula is C33H36Cl2N2O3S. The fraction of sp³-hybridized carbons (Fsp3) is 0.364. The lowest BCUT2D eigenvalue weighted by molar-refractivity contribution is -0.154. The van der Waals surface area contributed by atoms with Crippen LogP contribution in [0.2, 0.25) is 10.0 Å². The first-order valence-electron chi connectivity index (χ1n) is 14.0. The highest BCUT2D eigenvalue weighted by Gasteiger charge is 2.54. The Morgan fingerprint density at radius 2 is 1.68 bits per heavy atom. The number of sulfonamides is 1. The van der Waals surface area contributed by atoms with Crippen LogP contribution in [0.1, 0.15) is 55.7 Å². The Bertz CT molecular complexity index is 1510. The van der Waals surface area contributed by atoms with E-state index in [1.165, 1.54) is 10.6 Å². The van der Waals surface area contributed by atoms with Crippen molar-refractivity contribution in [3.8, 4) is 0 Å². The Hall–Kier alpha value is -2.80. The fourth-order valence-corrected chi connectivity index (χ4v) is 7.65. The molecule has 0 radical (unpaired) electrons. The highest BCUT2D eigenvalue weighted by Crippen LogP contribution is 2.54. The van der Waals surface area contributed by atoms with E-state index in [0.717, 1.165) is 24.0 Å². The number of rotatable bonds is 10. The summed E-state index contributed by atoms with van der Waals surface area (Å²) >= 11 is 12.8. The molecule has 1 heterocycles. The molecule has 1 aliphatic heterocycles. The summed E-state index contributed by atoms with van der Waals surface area (Å²) in [6, 6.07) is 24.0. The van der Waals surface area contributed by atoms with Gasteiger partial charge in [-0.05, 0) is 79.1 Å². The minimum Gasteiger partial charge on any atom is -0.329 e. The highest BCUT2D eigenvalue weighted by molar-refractivity contribution is 7.92. The van der Waals surface area contributed by atoms with Gasteiger partial charge in [-0.2, -0.15) is 0 Å². The molecular weight excluding hydrogens is 575 g/mol. The summed E-state index contributed by atoms with van der Waals surface area (Å²) in [7, 11) is -3.63. The number of benzene rings is 3. The second kappa shape index (κ2) is 11.8. The molecule has 8 heteroatoms. The largest absolute Gasteiger partial charge is 0.329 e. The molecule has 3 aromatic carbocycles. The number of nitrogens with zero attached hydrogens (tertiary/aromatic N) is 2. The van der Waals surface area contributed by atoms with Crippen molar-refractivity contribution in [1.82, 2.24) is 4.90 Å². The van der Waals surface area contributed by atoms with Crippen LogP contribution < -0.4 is 4.31 Å². The van der Waals surface area contributed by atoms with E-state index in [1.54, 1.807) is 12.1 Å². The topological polar surface area (TPSA) is 57.7 Å². The molecule has 0 N–H and O–H groups in total. The Morgan fingerprint density at radius 1 is 1.00 bits per heavy atom. The second-order valence-corrected chi connectivity index (χ2v) is 14.4. The highest BCUT2D eigenvalue weighted by atomic mass is 35.5. The lowest BCUT2D eigenvalue weighted by Crippen LogP contribution is -2.59. The first kappa shape index (κ1) is 29.7. The summed E-state index contributed by atoms with van der Waals surface area (Å²) in [5, 5.41) is 1.25. The van der Waals surface area contributed by atoms with Crippen molar-refractivity contribution in [2.24, 2.45) is 11.3 Å². The summed E-state index contributed by atoms with van der Waals surface area (Å²) in [4.78, 5) is 16.7. The number of halogens is 2. The van der Waals surface area contributed by atoms with Gasteiger partial charge < -0.3 is 4.90 Å². The van der Waals surface area contributed by atoms with Gasteiger partial charge in [0.2, 0.25) is 15.9 Å². The number of amides is 1. The molecule has 0 spiro atoms. The van der Waals surface area contributed by atoms with Gasteiger partial charge in [-0.15, -0.1) is 6.58 Å². The van der Waals surface area contributed by atoms with E-state index >= 15 is 0 Å². The maximum absolute atomic E-state index is 14.7. The van der Waals surface area contributed by atoms with Crippen molar-refractivity contribution in [3.63, 3.8) is 0 Å². The smallest absolute Gasteiger partial charge is 0.232 e. The van der Waals surface area contributed by atoms with Crippen LogP contribution in [0.25, 0.3) is 0 Å². The van der Waals surface area contributed by atoms with Gasteiger partial charge >= 0.3 is 0 Å². The van der Waals surface area contributed by atoms with E-state index in [-0.39, 0.29) is 36.4 Å². The third-order valence-electron chi connectivity index (χ3n) is 8.51. The molecule has 4 atom stereocenters. The van der Waals surface area contributed by atoms with Crippen molar-refractivity contribution in [2.75, 3.05) is 17.1 Å². The van der Waals surface area contributed by atoms with Crippen molar-refractivity contribution in [2.45, 2.75) is 50.6 Å². The molecule has 5 nitrogen and oxygen atoms in total. The fourth-order valence-electron chi connectivity index (χ4n) is 6.39. The minimum absolute atomic E-state index is 0.0223. The van der Waals surface area contributed by atoms with Crippen LogP contribution in [0, 0.1) is 11.3 Å². The van der Waals surface area contributed by atoms with E-state index in [1.807, 2.05) is 78.6 Å².